The Kier molecular flexibility index (Phi) is 6.69. The van der Waals surface area contributed by atoms with Gasteiger partial charge in [0.15, 0.2) is 0 Å². The number of hydrogen-bond acceptors (Lipinski definition) is 6. The lowest BCUT2D eigenvalue weighted by Crippen LogP contribution is -2.43. The van der Waals surface area contributed by atoms with Gasteiger partial charge in [-0.2, -0.15) is 9.78 Å². The minimum atomic E-state index is -0.916. The van der Waals surface area contributed by atoms with E-state index in [1.54, 1.807) is 19.1 Å². The van der Waals surface area contributed by atoms with E-state index in [-0.39, 0.29) is 18.1 Å². The highest BCUT2D eigenvalue weighted by Crippen LogP contribution is 2.26. The number of carbonyl (C=O) groups is 2. The zero-order valence-corrected chi connectivity index (χ0v) is 17.5. The molecule has 1 aromatic carbocycles. The van der Waals surface area contributed by atoms with Crippen LogP contribution in [0.3, 0.4) is 0 Å². The number of nitrogens with zero attached hydrogens (tertiary/aromatic N) is 3. The lowest BCUT2D eigenvalue weighted by molar-refractivity contribution is -0.118. The van der Waals surface area contributed by atoms with Crippen LogP contribution in [0.5, 0.6) is 0 Å². The van der Waals surface area contributed by atoms with Crippen molar-refractivity contribution in [2.24, 2.45) is 5.73 Å². The lowest BCUT2D eigenvalue weighted by Gasteiger charge is -2.27. The van der Waals surface area contributed by atoms with E-state index in [0.717, 1.165) is 36.6 Å². The summed E-state index contributed by atoms with van der Waals surface area (Å²) < 4.78 is 1.61. The average Bonchev–Trinajstić information content (AvgIpc) is 2.95. The SMILES string of the molecule is Cc1ccc(-n2ncc(=O)n(CC(N)=O)c2=O)cc1C(=O)NCC1(O)CCCCCC1. The monoisotopic (exact) mass is 429 g/mol. The van der Waals surface area contributed by atoms with Gasteiger partial charge in [-0.05, 0) is 37.5 Å². The number of benzene rings is 1. The fourth-order valence-corrected chi connectivity index (χ4v) is 3.80. The van der Waals surface area contributed by atoms with Crippen molar-refractivity contribution < 1.29 is 14.7 Å². The van der Waals surface area contributed by atoms with Gasteiger partial charge in [0.05, 0.1) is 11.3 Å². The molecule has 0 unspecified atom stereocenters. The van der Waals surface area contributed by atoms with Crippen LogP contribution in [0.1, 0.15) is 54.4 Å². The second-order valence-electron chi connectivity index (χ2n) is 8.05. The van der Waals surface area contributed by atoms with Gasteiger partial charge in [-0.15, -0.1) is 0 Å². The standard InChI is InChI=1S/C21H27N5O5/c1-14-6-7-15(26-20(30)25(12-17(22)27)18(28)11-24-26)10-16(14)19(29)23-13-21(31)8-4-2-3-5-9-21/h6-7,10-11,31H,2-5,8-9,12-13H2,1H3,(H2,22,27)(H,23,29). The zero-order valence-electron chi connectivity index (χ0n) is 17.5. The molecule has 1 aliphatic rings. The van der Waals surface area contributed by atoms with Gasteiger partial charge in [-0.1, -0.05) is 31.7 Å². The van der Waals surface area contributed by atoms with Crippen LogP contribution < -0.4 is 22.3 Å². The molecule has 31 heavy (non-hydrogen) atoms. The van der Waals surface area contributed by atoms with E-state index in [1.165, 1.54) is 6.07 Å². The summed E-state index contributed by atoms with van der Waals surface area (Å²) in [6, 6.07) is 4.72. The van der Waals surface area contributed by atoms with Crippen molar-refractivity contribution in [3.05, 3.63) is 56.4 Å². The first kappa shape index (κ1) is 22.4. The van der Waals surface area contributed by atoms with Crippen molar-refractivity contribution in [1.29, 1.82) is 0 Å². The molecule has 166 valence electrons. The minimum absolute atomic E-state index is 0.150. The Morgan fingerprint density at radius 2 is 1.87 bits per heavy atom. The van der Waals surface area contributed by atoms with Crippen molar-refractivity contribution >= 4 is 11.8 Å². The van der Waals surface area contributed by atoms with Crippen molar-refractivity contribution in [2.75, 3.05) is 6.54 Å². The lowest BCUT2D eigenvalue weighted by atomic mass is 9.94. The molecule has 1 heterocycles. The first-order valence-electron chi connectivity index (χ1n) is 10.3. The molecule has 0 atom stereocenters. The maximum atomic E-state index is 12.8. The number of nitrogens with two attached hydrogens (primary N) is 1. The molecule has 0 radical (unpaired) electrons. The third-order valence-corrected chi connectivity index (χ3v) is 5.60. The van der Waals surface area contributed by atoms with Gasteiger partial charge in [-0.3, -0.25) is 14.4 Å². The number of aromatic nitrogens is 3. The van der Waals surface area contributed by atoms with Gasteiger partial charge < -0.3 is 16.2 Å². The summed E-state index contributed by atoms with van der Waals surface area (Å²) in [7, 11) is 0. The third kappa shape index (κ3) is 5.26. The molecule has 1 aromatic heterocycles. The van der Waals surface area contributed by atoms with E-state index < -0.39 is 29.3 Å². The van der Waals surface area contributed by atoms with Crippen LogP contribution in [-0.4, -0.2) is 43.4 Å². The Labute approximate surface area is 178 Å². The predicted octanol–water partition coefficient (Wildman–Crippen LogP) is 0.00302. The Bertz CT molecular complexity index is 1100. The summed E-state index contributed by atoms with van der Waals surface area (Å²) in [5.41, 5.74) is 3.85. The number of amides is 2. The molecule has 0 bridgehead atoms. The summed E-state index contributed by atoms with van der Waals surface area (Å²) in [6.45, 7) is 1.33. The van der Waals surface area contributed by atoms with Crippen LogP contribution >= 0.6 is 0 Å². The zero-order chi connectivity index (χ0) is 22.6. The highest BCUT2D eigenvalue weighted by molar-refractivity contribution is 5.96. The van der Waals surface area contributed by atoms with Crippen LogP contribution in [0, 0.1) is 6.92 Å². The molecule has 10 nitrogen and oxygen atoms in total. The Balaban J connectivity index is 1.87. The Morgan fingerprint density at radius 1 is 1.19 bits per heavy atom. The molecule has 0 aliphatic heterocycles. The highest BCUT2D eigenvalue weighted by Gasteiger charge is 2.28. The van der Waals surface area contributed by atoms with Crippen molar-refractivity contribution in [2.45, 2.75) is 57.6 Å². The van der Waals surface area contributed by atoms with Gasteiger partial charge in [-0.25, -0.2) is 9.36 Å². The second-order valence-corrected chi connectivity index (χ2v) is 8.05. The molecule has 4 N–H and O–H groups in total. The fraction of sp³-hybridized carbons (Fsp3) is 0.476. The van der Waals surface area contributed by atoms with Crippen molar-refractivity contribution in [1.82, 2.24) is 19.7 Å². The average molecular weight is 429 g/mol. The minimum Gasteiger partial charge on any atom is -0.388 e. The molecule has 1 aliphatic carbocycles. The first-order chi connectivity index (χ1) is 14.7. The van der Waals surface area contributed by atoms with Gasteiger partial charge >= 0.3 is 5.69 Å². The van der Waals surface area contributed by atoms with E-state index >= 15 is 0 Å². The Morgan fingerprint density at radius 3 is 2.52 bits per heavy atom. The molecular weight excluding hydrogens is 402 g/mol. The van der Waals surface area contributed by atoms with Crippen LogP contribution in [0.4, 0.5) is 0 Å². The van der Waals surface area contributed by atoms with E-state index in [2.05, 4.69) is 10.4 Å². The summed E-state index contributed by atoms with van der Waals surface area (Å²) in [5, 5.41) is 17.4. The largest absolute Gasteiger partial charge is 0.388 e. The maximum Gasteiger partial charge on any atom is 0.352 e. The highest BCUT2D eigenvalue weighted by atomic mass is 16.3. The third-order valence-electron chi connectivity index (χ3n) is 5.60. The predicted molar refractivity (Wildman–Crippen MR) is 113 cm³/mol. The topological polar surface area (TPSA) is 149 Å². The van der Waals surface area contributed by atoms with Crippen LogP contribution in [0.25, 0.3) is 5.69 Å². The molecule has 1 fully saturated rings. The number of primary amides is 1. The molecule has 10 heteroatoms. The number of hydrogen-bond donors (Lipinski definition) is 3. The molecule has 3 rings (SSSR count). The maximum absolute atomic E-state index is 12.8. The number of aryl methyl sites for hydroxylation is 1. The molecule has 1 saturated carbocycles. The van der Waals surface area contributed by atoms with Gasteiger partial charge in [0.1, 0.15) is 12.7 Å². The summed E-state index contributed by atoms with van der Waals surface area (Å²) in [5.74, 6) is -1.21. The van der Waals surface area contributed by atoms with E-state index in [1.807, 2.05) is 0 Å². The van der Waals surface area contributed by atoms with Crippen LogP contribution in [-0.2, 0) is 11.3 Å². The number of aliphatic hydroxyl groups is 1. The number of nitrogens with one attached hydrogen (secondary N) is 1. The molecule has 2 amide bonds. The first-order valence-corrected chi connectivity index (χ1v) is 10.3. The summed E-state index contributed by atoms with van der Waals surface area (Å²) >= 11 is 0. The van der Waals surface area contributed by atoms with Gasteiger partial charge in [0.25, 0.3) is 11.5 Å². The fourth-order valence-electron chi connectivity index (χ4n) is 3.80. The molecule has 2 aromatic rings. The van der Waals surface area contributed by atoms with E-state index in [0.29, 0.717) is 28.5 Å². The normalized spacial score (nSPS) is 15.8. The van der Waals surface area contributed by atoms with Gasteiger partial charge in [0.2, 0.25) is 5.91 Å². The summed E-state index contributed by atoms with van der Waals surface area (Å²) in [6.07, 6.45) is 6.21. The number of carbonyl (C=O) groups excluding carboxylic acids is 2. The quantitative estimate of drug-likeness (QED) is 0.550. The van der Waals surface area contributed by atoms with Crippen molar-refractivity contribution in [3.63, 3.8) is 0 Å². The Hall–Kier alpha value is -3.27. The smallest absolute Gasteiger partial charge is 0.352 e. The van der Waals surface area contributed by atoms with E-state index in [9.17, 15) is 24.3 Å². The second kappa shape index (κ2) is 9.25. The molecule has 0 saturated heterocycles. The summed E-state index contributed by atoms with van der Waals surface area (Å²) in [4.78, 5) is 48.5. The molecular formula is C21H27N5O5. The van der Waals surface area contributed by atoms with Crippen molar-refractivity contribution in [3.8, 4) is 5.69 Å². The van der Waals surface area contributed by atoms with Gasteiger partial charge in [0, 0.05) is 12.1 Å². The van der Waals surface area contributed by atoms with E-state index in [4.69, 9.17) is 5.73 Å². The van der Waals surface area contributed by atoms with Crippen LogP contribution in [0.15, 0.2) is 34.0 Å². The van der Waals surface area contributed by atoms with Crippen LogP contribution in [0.2, 0.25) is 0 Å². The number of rotatable bonds is 6. The molecule has 0 spiro atoms.